The molecule has 0 aliphatic rings. The number of aromatic nitrogens is 1. The van der Waals surface area contributed by atoms with Gasteiger partial charge in [0, 0.05) is 10.6 Å². The van der Waals surface area contributed by atoms with Crippen molar-refractivity contribution in [2.75, 3.05) is 12.0 Å². The van der Waals surface area contributed by atoms with Crippen molar-refractivity contribution >= 4 is 23.5 Å². The molecule has 0 radical (unpaired) electrons. The number of nitrogens with zero attached hydrogens (tertiary/aromatic N) is 1. The zero-order valence-electron chi connectivity index (χ0n) is 16.1. The van der Waals surface area contributed by atoms with Crippen molar-refractivity contribution in [1.82, 2.24) is 4.68 Å². The highest BCUT2D eigenvalue weighted by molar-refractivity contribution is 6.30. The number of benzene rings is 2. The third-order valence-electron chi connectivity index (χ3n) is 4.47. The summed E-state index contributed by atoms with van der Waals surface area (Å²) in [6.07, 6.45) is -1.36. The van der Waals surface area contributed by atoms with Crippen molar-refractivity contribution in [3.8, 4) is 11.3 Å². The fourth-order valence-electron chi connectivity index (χ4n) is 2.96. The van der Waals surface area contributed by atoms with Crippen LogP contribution in [-0.4, -0.2) is 28.3 Å². The number of carbonyl (C=O) groups excluding carboxylic acids is 2. The highest BCUT2D eigenvalue weighted by atomic mass is 35.5. The minimum absolute atomic E-state index is 0.235. The van der Waals surface area contributed by atoms with Gasteiger partial charge < -0.3 is 9.84 Å². The third kappa shape index (κ3) is 4.50. The molecule has 1 amide bonds. The van der Waals surface area contributed by atoms with Crippen LogP contribution in [0.1, 0.15) is 34.6 Å². The highest BCUT2D eigenvalue weighted by Crippen LogP contribution is 2.27. The number of carbonyl (C=O) groups is 2. The minimum Gasteiger partial charge on any atom is -0.462 e. The van der Waals surface area contributed by atoms with Crippen LogP contribution in [0, 0.1) is 6.92 Å². The van der Waals surface area contributed by atoms with Crippen LogP contribution >= 0.6 is 11.6 Å². The van der Waals surface area contributed by atoms with Crippen LogP contribution in [0.15, 0.2) is 60.7 Å². The Balaban J connectivity index is 2.00. The number of aliphatic hydroxyl groups is 1. The van der Waals surface area contributed by atoms with E-state index in [4.69, 9.17) is 16.3 Å². The quantitative estimate of drug-likeness (QED) is 0.597. The standard InChI is InChI=1S/C22H21ClN2O4/c1-3-29-22(28)18-13-19(15-9-11-17(23)12-10-15)25(14(18)2)24-21(27)20(26)16-7-5-4-6-8-16/h4-13,20,26H,3H2,1-2H3,(H,24,27). The van der Waals surface area contributed by atoms with Crippen molar-refractivity contribution in [1.29, 1.82) is 0 Å². The van der Waals surface area contributed by atoms with Gasteiger partial charge in [0.1, 0.15) is 0 Å². The Morgan fingerprint density at radius 3 is 2.41 bits per heavy atom. The van der Waals surface area contributed by atoms with E-state index >= 15 is 0 Å². The van der Waals surface area contributed by atoms with Crippen LogP contribution in [0.4, 0.5) is 0 Å². The van der Waals surface area contributed by atoms with Crippen LogP contribution in [0.25, 0.3) is 11.3 Å². The van der Waals surface area contributed by atoms with Crippen molar-refractivity contribution < 1.29 is 19.4 Å². The fraction of sp³-hybridized carbons (Fsp3) is 0.182. The molecule has 1 atom stereocenters. The fourth-order valence-corrected chi connectivity index (χ4v) is 3.08. The van der Waals surface area contributed by atoms with E-state index in [2.05, 4.69) is 5.43 Å². The average Bonchev–Trinajstić information content (AvgIpc) is 3.05. The summed E-state index contributed by atoms with van der Waals surface area (Å²) in [5.41, 5.74) is 5.28. The zero-order chi connectivity index (χ0) is 21.0. The van der Waals surface area contributed by atoms with Crippen molar-refractivity contribution in [2.24, 2.45) is 0 Å². The van der Waals surface area contributed by atoms with Crippen molar-refractivity contribution in [3.63, 3.8) is 0 Å². The molecular weight excluding hydrogens is 392 g/mol. The van der Waals surface area contributed by atoms with E-state index in [9.17, 15) is 14.7 Å². The number of hydrogen-bond donors (Lipinski definition) is 2. The molecule has 3 aromatic rings. The first-order valence-corrected chi connectivity index (χ1v) is 9.49. The summed E-state index contributed by atoms with van der Waals surface area (Å²) in [5.74, 6) is -1.11. The van der Waals surface area contributed by atoms with Crippen LogP contribution in [0.3, 0.4) is 0 Å². The van der Waals surface area contributed by atoms with Gasteiger partial charge in [-0.25, -0.2) is 4.79 Å². The van der Waals surface area contributed by atoms with E-state index in [1.807, 2.05) is 0 Å². The lowest BCUT2D eigenvalue weighted by Crippen LogP contribution is -2.29. The van der Waals surface area contributed by atoms with Gasteiger partial charge in [0.2, 0.25) is 0 Å². The first-order valence-electron chi connectivity index (χ1n) is 9.11. The number of nitrogens with one attached hydrogen (secondary N) is 1. The maximum Gasteiger partial charge on any atom is 0.340 e. The summed E-state index contributed by atoms with van der Waals surface area (Å²) in [7, 11) is 0. The van der Waals surface area contributed by atoms with E-state index in [1.165, 1.54) is 4.68 Å². The molecule has 0 aliphatic carbocycles. The van der Waals surface area contributed by atoms with Crippen molar-refractivity contribution in [2.45, 2.75) is 20.0 Å². The summed E-state index contributed by atoms with van der Waals surface area (Å²) in [6, 6.07) is 17.2. The molecule has 0 bridgehead atoms. The topological polar surface area (TPSA) is 80.6 Å². The maximum absolute atomic E-state index is 12.7. The maximum atomic E-state index is 12.7. The zero-order valence-corrected chi connectivity index (χ0v) is 16.8. The molecule has 150 valence electrons. The Bertz CT molecular complexity index is 1010. The predicted octanol–water partition coefficient (Wildman–Crippen LogP) is 4.10. The summed E-state index contributed by atoms with van der Waals surface area (Å²) in [4.78, 5) is 25.0. The molecular formula is C22H21ClN2O4. The van der Waals surface area contributed by atoms with E-state index in [1.54, 1.807) is 74.5 Å². The Labute approximate surface area is 173 Å². The van der Waals surface area contributed by atoms with E-state index < -0.39 is 18.0 Å². The molecule has 0 saturated carbocycles. The molecule has 2 aromatic carbocycles. The van der Waals surface area contributed by atoms with Gasteiger partial charge in [0.25, 0.3) is 5.91 Å². The lowest BCUT2D eigenvalue weighted by molar-refractivity contribution is -0.125. The third-order valence-corrected chi connectivity index (χ3v) is 4.72. The number of rotatable bonds is 6. The number of halogens is 1. The molecule has 0 saturated heterocycles. The van der Waals surface area contributed by atoms with Gasteiger partial charge in [0.05, 0.1) is 23.6 Å². The predicted molar refractivity (Wildman–Crippen MR) is 111 cm³/mol. The monoisotopic (exact) mass is 412 g/mol. The summed E-state index contributed by atoms with van der Waals surface area (Å²) in [5, 5.41) is 11.0. The lowest BCUT2D eigenvalue weighted by atomic mass is 10.1. The van der Waals surface area contributed by atoms with E-state index in [-0.39, 0.29) is 6.61 Å². The van der Waals surface area contributed by atoms with Crippen LogP contribution in [0.5, 0.6) is 0 Å². The molecule has 29 heavy (non-hydrogen) atoms. The SMILES string of the molecule is CCOC(=O)c1cc(-c2ccc(Cl)cc2)n(NC(=O)C(O)c2ccccc2)c1C. The second-order valence-electron chi connectivity index (χ2n) is 6.38. The smallest absolute Gasteiger partial charge is 0.340 e. The van der Waals surface area contributed by atoms with Crippen LogP contribution in [0.2, 0.25) is 5.02 Å². The average molecular weight is 413 g/mol. The molecule has 6 nitrogen and oxygen atoms in total. The molecule has 2 N–H and O–H groups in total. The van der Waals surface area contributed by atoms with Gasteiger partial charge in [-0.3, -0.25) is 14.9 Å². The molecule has 0 spiro atoms. The van der Waals surface area contributed by atoms with Gasteiger partial charge in [-0.1, -0.05) is 54.1 Å². The van der Waals surface area contributed by atoms with Gasteiger partial charge in [-0.15, -0.1) is 0 Å². The second-order valence-corrected chi connectivity index (χ2v) is 6.82. The summed E-state index contributed by atoms with van der Waals surface area (Å²) < 4.78 is 6.59. The largest absolute Gasteiger partial charge is 0.462 e. The summed E-state index contributed by atoms with van der Waals surface area (Å²) >= 11 is 5.98. The minimum atomic E-state index is -1.36. The normalized spacial score (nSPS) is 11.7. The van der Waals surface area contributed by atoms with Gasteiger partial charge in [-0.2, -0.15) is 0 Å². The first-order chi connectivity index (χ1) is 13.9. The van der Waals surface area contributed by atoms with E-state index in [0.29, 0.717) is 27.5 Å². The van der Waals surface area contributed by atoms with Crippen molar-refractivity contribution in [3.05, 3.63) is 82.5 Å². The number of ether oxygens (including phenoxy) is 1. The number of hydrogen-bond acceptors (Lipinski definition) is 4. The number of aliphatic hydroxyl groups excluding tert-OH is 1. The second kappa shape index (κ2) is 8.94. The summed E-state index contributed by atoms with van der Waals surface area (Å²) in [6.45, 7) is 3.65. The Morgan fingerprint density at radius 2 is 1.79 bits per heavy atom. The van der Waals surface area contributed by atoms with Crippen LogP contribution < -0.4 is 5.43 Å². The molecule has 7 heteroatoms. The Hall–Kier alpha value is -3.09. The molecule has 3 rings (SSSR count). The van der Waals surface area contributed by atoms with E-state index in [0.717, 1.165) is 5.56 Å². The van der Waals surface area contributed by atoms with Gasteiger partial charge in [-0.05, 0) is 37.6 Å². The first kappa shape index (κ1) is 20.6. The molecule has 0 aliphatic heterocycles. The molecule has 1 aromatic heterocycles. The van der Waals surface area contributed by atoms with Gasteiger partial charge in [0.15, 0.2) is 6.10 Å². The Morgan fingerprint density at radius 1 is 1.14 bits per heavy atom. The van der Waals surface area contributed by atoms with Crippen LogP contribution in [-0.2, 0) is 9.53 Å². The molecule has 1 heterocycles. The van der Waals surface area contributed by atoms with Gasteiger partial charge >= 0.3 is 5.97 Å². The highest BCUT2D eigenvalue weighted by Gasteiger charge is 2.23. The lowest BCUT2D eigenvalue weighted by Gasteiger charge is -2.17. The Kier molecular flexibility index (Phi) is 6.36. The molecule has 1 unspecified atom stereocenters. The number of esters is 1. The number of amides is 1. The molecule has 0 fully saturated rings.